The molecule has 0 aliphatic carbocycles. The van der Waals surface area contributed by atoms with Crippen molar-refractivity contribution in [3.63, 3.8) is 0 Å². The van der Waals surface area contributed by atoms with Gasteiger partial charge < -0.3 is 39.8 Å². The molecule has 0 bridgehead atoms. The number of aliphatic imine (C=N–C) groups is 2. The zero-order valence-electron chi connectivity index (χ0n) is 36.0. The summed E-state index contributed by atoms with van der Waals surface area (Å²) in [4.78, 5) is 17.3. The lowest BCUT2D eigenvalue weighted by molar-refractivity contribution is 0.181. The molecule has 4 aromatic carbocycles. The molecule has 66 heavy (non-hydrogen) atoms. The molecule has 16 heteroatoms. The zero-order valence-corrected chi connectivity index (χ0v) is 37.5. The van der Waals surface area contributed by atoms with E-state index >= 15 is 0 Å². The number of rotatable bonds is 15. The molecule has 0 amide bonds. The van der Waals surface area contributed by atoms with Crippen LogP contribution in [0.4, 0.5) is 0 Å². The third kappa shape index (κ3) is 10.7. The zero-order chi connectivity index (χ0) is 46.2. The molecule has 334 valence electrons. The number of aliphatic hydroxyl groups excluding tert-OH is 2. The van der Waals surface area contributed by atoms with Crippen LogP contribution in [-0.4, -0.2) is 70.2 Å². The largest absolute Gasteiger partial charge is 0.488 e. The molecule has 0 spiro atoms. The molecule has 0 radical (unpaired) electrons. The number of pyridine rings is 2. The lowest BCUT2D eigenvalue weighted by atomic mass is 9.92. The quantitative estimate of drug-likeness (QED) is 0.0790. The van der Waals surface area contributed by atoms with Gasteiger partial charge in [-0.1, -0.05) is 59.6 Å². The van der Waals surface area contributed by atoms with Gasteiger partial charge in [-0.2, -0.15) is 10.5 Å². The van der Waals surface area contributed by atoms with Crippen LogP contribution in [0.3, 0.4) is 0 Å². The van der Waals surface area contributed by atoms with Crippen molar-refractivity contribution >= 4 is 34.9 Å². The van der Waals surface area contributed by atoms with E-state index < -0.39 is 12.2 Å². The van der Waals surface area contributed by atoms with Crippen molar-refractivity contribution in [1.82, 2.24) is 20.6 Å². The number of nitriles is 2. The van der Waals surface area contributed by atoms with E-state index in [0.717, 1.165) is 33.4 Å². The second-order valence-corrected chi connectivity index (χ2v) is 16.5. The van der Waals surface area contributed by atoms with Crippen LogP contribution in [0.5, 0.6) is 23.0 Å². The van der Waals surface area contributed by atoms with E-state index in [9.17, 15) is 20.7 Å². The fourth-order valence-corrected chi connectivity index (χ4v) is 7.91. The molecule has 2 aromatic heterocycles. The second-order valence-electron chi connectivity index (χ2n) is 15.7. The molecular weight excluding hydrogens is 880 g/mol. The summed E-state index contributed by atoms with van der Waals surface area (Å²) in [6, 6.07) is 26.7. The van der Waals surface area contributed by atoms with Crippen LogP contribution in [0.2, 0.25) is 10.0 Å². The standard InChI is InChI=1S/C50H44Cl2N8O6/c1-29-35(27-65-47-13-45(63-25-33-9-31(15-53)17-55-19-33)41(11-43(47)51)49-57-21-37(61)22-58-49)5-3-7-39(29)40-8-4-6-36(30(40)2)28-66-48-14-46(64-26-34-10-32(16-54)18-56-20-34)42(12-44(48)52)50-59-23-38(62)24-60-50/h3-14,17-20,37-38,61-62H,21-28H2,1-2H3,(H,57,58)(H,59,60). The minimum atomic E-state index is -0.601. The Morgan fingerprint density at radius 1 is 0.576 bits per heavy atom. The number of amidine groups is 2. The first-order valence-electron chi connectivity index (χ1n) is 21.0. The minimum Gasteiger partial charge on any atom is -0.488 e. The van der Waals surface area contributed by atoms with Crippen LogP contribution in [0, 0.1) is 36.5 Å². The van der Waals surface area contributed by atoms with Gasteiger partial charge in [0.15, 0.2) is 0 Å². The maximum absolute atomic E-state index is 10.0. The van der Waals surface area contributed by atoms with Crippen molar-refractivity contribution in [2.45, 2.75) is 52.5 Å². The van der Waals surface area contributed by atoms with Gasteiger partial charge in [0, 0.05) is 61.1 Å². The summed E-state index contributed by atoms with van der Waals surface area (Å²) in [6.07, 6.45) is 5.06. The van der Waals surface area contributed by atoms with E-state index in [2.05, 4.69) is 68.7 Å². The van der Waals surface area contributed by atoms with E-state index in [-0.39, 0.29) is 39.5 Å². The van der Waals surface area contributed by atoms with Gasteiger partial charge in [-0.05, 0) is 71.5 Å². The predicted octanol–water partition coefficient (Wildman–Crippen LogP) is 7.55. The second kappa shape index (κ2) is 20.7. The van der Waals surface area contributed by atoms with Crippen molar-refractivity contribution in [2.75, 3.05) is 26.2 Å². The number of halogens is 2. The summed E-state index contributed by atoms with van der Waals surface area (Å²) in [6.45, 7) is 5.92. The van der Waals surface area contributed by atoms with Crippen molar-refractivity contribution in [3.8, 4) is 46.3 Å². The van der Waals surface area contributed by atoms with E-state index in [4.69, 9.17) is 42.1 Å². The molecule has 14 nitrogen and oxygen atoms in total. The number of benzene rings is 4. The highest BCUT2D eigenvalue weighted by Gasteiger charge is 2.23. The molecule has 4 N–H and O–H groups in total. The Hall–Kier alpha value is -7.20. The summed E-state index contributed by atoms with van der Waals surface area (Å²) < 4.78 is 25.4. The normalized spacial score (nSPS) is 15.5. The molecule has 2 aliphatic rings. The van der Waals surface area contributed by atoms with Crippen molar-refractivity contribution in [3.05, 3.63) is 163 Å². The number of hydrogen-bond donors (Lipinski definition) is 4. The van der Waals surface area contributed by atoms with Gasteiger partial charge in [-0.15, -0.1) is 0 Å². The molecule has 2 unspecified atom stereocenters. The number of hydrogen-bond acceptors (Lipinski definition) is 14. The lowest BCUT2D eigenvalue weighted by Crippen LogP contribution is -2.39. The molecule has 0 saturated carbocycles. The van der Waals surface area contributed by atoms with Crippen molar-refractivity contribution in [1.29, 1.82) is 10.5 Å². The van der Waals surface area contributed by atoms with Gasteiger partial charge in [0.2, 0.25) is 0 Å². The van der Waals surface area contributed by atoms with Gasteiger partial charge in [0.05, 0.1) is 57.6 Å². The Balaban J connectivity index is 1.01. The van der Waals surface area contributed by atoms with Crippen LogP contribution in [0.1, 0.15) is 55.6 Å². The summed E-state index contributed by atoms with van der Waals surface area (Å²) >= 11 is 13.7. The average molecular weight is 924 g/mol. The molecular formula is C50H44Cl2N8O6. The Kier molecular flexibility index (Phi) is 14.3. The van der Waals surface area contributed by atoms with E-state index in [1.165, 1.54) is 12.4 Å². The minimum absolute atomic E-state index is 0.130. The highest BCUT2D eigenvalue weighted by Crippen LogP contribution is 2.38. The molecule has 0 saturated heterocycles. The monoisotopic (exact) mass is 922 g/mol. The van der Waals surface area contributed by atoms with Gasteiger partial charge >= 0.3 is 0 Å². The number of ether oxygens (including phenoxy) is 4. The molecule has 6 aromatic rings. The Bertz CT molecular complexity index is 2730. The highest BCUT2D eigenvalue weighted by molar-refractivity contribution is 6.33. The average Bonchev–Trinajstić information content (AvgIpc) is 3.33. The summed E-state index contributed by atoms with van der Waals surface area (Å²) in [7, 11) is 0. The van der Waals surface area contributed by atoms with Crippen molar-refractivity contribution < 1.29 is 29.2 Å². The Morgan fingerprint density at radius 3 is 1.39 bits per heavy atom. The molecule has 8 rings (SSSR count). The molecule has 2 aliphatic heterocycles. The summed E-state index contributed by atoms with van der Waals surface area (Å²) in [5.74, 6) is 2.80. The fraction of sp³-hybridized carbons (Fsp3) is 0.240. The molecule has 4 heterocycles. The fourth-order valence-electron chi connectivity index (χ4n) is 7.48. The van der Waals surface area contributed by atoms with E-state index in [1.54, 1.807) is 48.8 Å². The maximum atomic E-state index is 10.0. The summed E-state index contributed by atoms with van der Waals surface area (Å²) in [5, 5.41) is 45.8. The maximum Gasteiger partial charge on any atom is 0.142 e. The topological polar surface area (TPSA) is 200 Å². The van der Waals surface area contributed by atoms with Gasteiger partial charge in [0.1, 0.15) is 73.2 Å². The first-order chi connectivity index (χ1) is 32.1. The number of β-amino-alcohol motifs (C(OH)–C–C–N with tert-alkyl or cyclic N) is 2. The predicted molar refractivity (Wildman–Crippen MR) is 250 cm³/mol. The first-order valence-corrected chi connectivity index (χ1v) is 21.8. The first kappa shape index (κ1) is 45.4. The Labute approximate surface area is 391 Å². The van der Waals surface area contributed by atoms with Gasteiger partial charge in [0.25, 0.3) is 0 Å². The third-order valence-corrected chi connectivity index (χ3v) is 11.7. The molecule has 0 fully saturated rings. The van der Waals surface area contributed by atoms with Crippen LogP contribution in [-0.2, 0) is 26.4 Å². The SMILES string of the molecule is Cc1c(COc2cc(OCc3cncc(C#N)c3)c(C3=NCC(O)CN3)cc2Cl)cccc1-c1cccc(COc2cc(OCc3cncc(C#N)c3)c(C3=NCC(O)CN3)cc2Cl)c1C. The van der Waals surface area contributed by atoms with Crippen LogP contribution in [0.25, 0.3) is 11.1 Å². The number of aliphatic hydroxyl groups is 2. The number of nitrogens with one attached hydrogen (secondary N) is 2. The lowest BCUT2D eigenvalue weighted by Gasteiger charge is -2.22. The smallest absolute Gasteiger partial charge is 0.142 e. The van der Waals surface area contributed by atoms with Crippen LogP contribution < -0.4 is 29.6 Å². The highest BCUT2D eigenvalue weighted by atomic mass is 35.5. The Morgan fingerprint density at radius 2 is 1.00 bits per heavy atom. The van der Waals surface area contributed by atoms with Crippen LogP contribution >= 0.6 is 23.2 Å². The van der Waals surface area contributed by atoms with Crippen LogP contribution in [0.15, 0.2) is 108 Å². The van der Waals surface area contributed by atoms with E-state index in [1.807, 2.05) is 24.3 Å². The van der Waals surface area contributed by atoms with Gasteiger partial charge in [-0.3, -0.25) is 20.0 Å². The van der Waals surface area contributed by atoms with Gasteiger partial charge in [-0.25, -0.2) is 0 Å². The third-order valence-electron chi connectivity index (χ3n) is 11.1. The number of nitrogens with zero attached hydrogens (tertiary/aromatic N) is 6. The number of aromatic nitrogens is 2. The van der Waals surface area contributed by atoms with Crippen molar-refractivity contribution in [2.24, 2.45) is 9.98 Å². The molecule has 2 atom stereocenters. The van der Waals surface area contributed by atoms with E-state index in [0.29, 0.717) is 91.2 Å². The summed E-state index contributed by atoms with van der Waals surface area (Å²) in [5.41, 5.74) is 9.48.